The molecule has 8 nitrogen and oxygen atoms in total. The van der Waals surface area contributed by atoms with Gasteiger partial charge in [0.15, 0.2) is 0 Å². The standard InChI is InChI=1S/C25H31N5O3/c1-25(2,3)33-24(32)27-14-18-6-5-13-30(18)15-16-9-11-17(12-10-16)23-28-20-8-4-7-19(22(26)31)21(20)29-23/h4,7-12,18H,5-6,13-15H2,1-3H3,(H2,26,31)(H,27,32)(H,28,29). The molecular weight excluding hydrogens is 418 g/mol. The summed E-state index contributed by atoms with van der Waals surface area (Å²) in [4.78, 5) is 33.9. The van der Waals surface area contributed by atoms with E-state index in [1.54, 1.807) is 12.1 Å². The summed E-state index contributed by atoms with van der Waals surface area (Å²) < 4.78 is 5.35. The number of likely N-dealkylation sites (tertiary alicyclic amines) is 1. The van der Waals surface area contributed by atoms with Crippen molar-refractivity contribution in [1.82, 2.24) is 20.2 Å². The van der Waals surface area contributed by atoms with Gasteiger partial charge in [-0.1, -0.05) is 30.3 Å². The number of aromatic nitrogens is 2. The highest BCUT2D eigenvalue weighted by Gasteiger charge is 2.26. The smallest absolute Gasteiger partial charge is 0.407 e. The quantitative estimate of drug-likeness (QED) is 0.529. The fourth-order valence-corrected chi connectivity index (χ4v) is 4.22. The number of hydrogen-bond donors (Lipinski definition) is 3. The van der Waals surface area contributed by atoms with Crippen LogP contribution in [0, 0.1) is 0 Å². The lowest BCUT2D eigenvalue weighted by Gasteiger charge is -2.26. The predicted octanol–water partition coefficient (Wildman–Crippen LogP) is 3.82. The third kappa shape index (κ3) is 5.51. The first-order valence-electron chi connectivity index (χ1n) is 11.3. The summed E-state index contributed by atoms with van der Waals surface area (Å²) in [5.41, 5.74) is 8.88. The van der Waals surface area contributed by atoms with E-state index in [4.69, 9.17) is 10.5 Å². The fraction of sp³-hybridized carbons (Fsp3) is 0.400. The van der Waals surface area contributed by atoms with Crippen LogP contribution in [-0.2, 0) is 11.3 Å². The van der Waals surface area contributed by atoms with Crippen LogP contribution < -0.4 is 11.1 Å². The van der Waals surface area contributed by atoms with Gasteiger partial charge in [0.2, 0.25) is 0 Å². The first-order chi connectivity index (χ1) is 15.7. The van der Waals surface area contributed by atoms with E-state index in [1.165, 1.54) is 5.56 Å². The molecule has 3 aromatic rings. The third-order valence-corrected chi connectivity index (χ3v) is 5.77. The highest BCUT2D eigenvalue weighted by Crippen LogP contribution is 2.25. The minimum atomic E-state index is -0.498. The average Bonchev–Trinajstić information content (AvgIpc) is 3.38. The molecular formula is C25H31N5O3. The number of imidazole rings is 1. The number of nitrogens with two attached hydrogens (primary N) is 1. The van der Waals surface area contributed by atoms with Crippen LogP contribution in [0.5, 0.6) is 0 Å². The van der Waals surface area contributed by atoms with Crippen molar-refractivity contribution >= 4 is 23.0 Å². The third-order valence-electron chi connectivity index (χ3n) is 5.77. The number of rotatable bonds is 6. The van der Waals surface area contributed by atoms with Gasteiger partial charge in [-0.05, 0) is 57.9 Å². The molecule has 2 aromatic carbocycles. The van der Waals surface area contributed by atoms with Crippen LogP contribution in [-0.4, -0.2) is 51.6 Å². The van der Waals surface area contributed by atoms with Crippen molar-refractivity contribution < 1.29 is 14.3 Å². The minimum absolute atomic E-state index is 0.291. The van der Waals surface area contributed by atoms with Crippen LogP contribution in [0.3, 0.4) is 0 Å². The Labute approximate surface area is 193 Å². The second kappa shape index (κ2) is 9.23. The van der Waals surface area contributed by atoms with E-state index in [9.17, 15) is 9.59 Å². The van der Waals surface area contributed by atoms with Crippen LogP contribution in [0.2, 0.25) is 0 Å². The molecule has 33 heavy (non-hydrogen) atoms. The van der Waals surface area contributed by atoms with Gasteiger partial charge in [-0.2, -0.15) is 0 Å². The van der Waals surface area contributed by atoms with Crippen LogP contribution in [0.15, 0.2) is 42.5 Å². The number of carbonyl (C=O) groups excluding carboxylic acids is 2. The number of nitrogens with zero attached hydrogens (tertiary/aromatic N) is 2. The second-order valence-corrected chi connectivity index (χ2v) is 9.50. The molecule has 4 N–H and O–H groups in total. The summed E-state index contributed by atoms with van der Waals surface area (Å²) in [7, 11) is 0. The van der Waals surface area contributed by atoms with E-state index in [1.807, 2.05) is 39.0 Å². The zero-order chi connectivity index (χ0) is 23.6. The molecule has 174 valence electrons. The zero-order valence-electron chi connectivity index (χ0n) is 19.4. The summed E-state index contributed by atoms with van der Waals surface area (Å²) in [6.45, 7) is 7.98. The number of nitrogens with one attached hydrogen (secondary N) is 2. The van der Waals surface area contributed by atoms with E-state index >= 15 is 0 Å². The number of H-pyrrole nitrogens is 1. The largest absolute Gasteiger partial charge is 0.444 e. The topological polar surface area (TPSA) is 113 Å². The zero-order valence-corrected chi connectivity index (χ0v) is 19.4. The summed E-state index contributed by atoms with van der Waals surface area (Å²) in [6, 6.07) is 13.9. The summed E-state index contributed by atoms with van der Waals surface area (Å²) in [5, 5.41) is 2.90. The molecule has 8 heteroatoms. The van der Waals surface area contributed by atoms with E-state index < -0.39 is 11.5 Å². The number of hydrogen-bond acceptors (Lipinski definition) is 5. The van der Waals surface area contributed by atoms with Crippen molar-refractivity contribution in [3.63, 3.8) is 0 Å². The van der Waals surface area contributed by atoms with Crippen molar-refractivity contribution in [1.29, 1.82) is 0 Å². The number of aromatic amines is 1. The number of fused-ring (bicyclic) bond motifs is 1. The summed E-state index contributed by atoms with van der Waals surface area (Å²) >= 11 is 0. The van der Waals surface area contributed by atoms with Gasteiger partial charge in [0.1, 0.15) is 16.9 Å². The van der Waals surface area contributed by atoms with Crippen molar-refractivity contribution in [3.05, 3.63) is 53.6 Å². The van der Waals surface area contributed by atoms with E-state index in [2.05, 4.69) is 32.3 Å². The van der Waals surface area contributed by atoms with Gasteiger partial charge in [-0.25, -0.2) is 9.78 Å². The normalized spacial score (nSPS) is 16.8. The number of amides is 2. The van der Waals surface area contributed by atoms with Crippen LogP contribution >= 0.6 is 0 Å². The van der Waals surface area contributed by atoms with Gasteiger partial charge in [0, 0.05) is 24.7 Å². The molecule has 1 aliphatic heterocycles. The summed E-state index contributed by atoms with van der Waals surface area (Å²) in [5.74, 6) is 0.209. The van der Waals surface area contributed by atoms with E-state index in [-0.39, 0.29) is 6.09 Å². The molecule has 1 unspecified atom stereocenters. The van der Waals surface area contributed by atoms with Gasteiger partial charge >= 0.3 is 6.09 Å². The molecule has 0 radical (unpaired) electrons. The molecule has 0 saturated carbocycles. The molecule has 1 aliphatic rings. The molecule has 0 spiro atoms. The van der Waals surface area contributed by atoms with Gasteiger partial charge in [-0.3, -0.25) is 9.69 Å². The van der Waals surface area contributed by atoms with Crippen LogP contribution in [0.1, 0.15) is 49.5 Å². The Balaban J connectivity index is 1.40. The summed E-state index contributed by atoms with van der Waals surface area (Å²) in [6.07, 6.45) is 1.79. The molecule has 0 aliphatic carbocycles. The molecule has 2 amide bonds. The van der Waals surface area contributed by atoms with Gasteiger partial charge in [-0.15, -0.1) is 0 Å². The van der Waals surface area contributed by atoms with E-state index in [0.717, 1.165) is 37.0 Å². The van der Waals surface area contributed by atoms with Gasteiger partial charge in [0.25, 0.3) is 5.91 Å². The number of para-hydroxylation sites is 1. The Morgan fingerprint density at radius 3 is 2.67 bits per heavy atom. The van der Waals surface area contributed by atoms with Gasteiger partial charge < -0.3 is 20.8 Å². The maximum Gasteiger partial charge on any atom is 0.407 e. The number of primary amides is 1. The van der Waals surface area contributed by atoms with Crippen LogP contribution in [0.25, 0.3) is 22.4 Å². The molecule has 1 fully saturated rings. The fourth-order valence-electron chi connectivity index (χ4n) is 4.22. The Morgan fingerprint density at radius 2 is 1.97 bits per heavy atom. The first-order valence-corrected chi connectivity index (χ1v) is 11.3. The molecule has 2 heterocycles. The molecule has 1 aromatic heterocycles. The van der Waals surface area contributed by atoms with Crippen molar-refractivity contribution in [2.45, 2.75) is 51.8 Å². The molecule has 1 saturated heterocycles. The lowest BCUT2D eigenvalue weighted by molar-refractivity contribution is 0.0512. The Hall–Kier alpha value is -3.39. The average molecular weight is 450 g/mol. The SMILES string of the molecule is CC(C)(C)OC(=O)NCC1CCCN1Cc1ccc(-c2nc3c(C(N)=O)cccc3[nH]2)cc1. The maximum absolute atomic E-state index is 12.0. The second-order valence-electron chi connectivity index (χ2n) is 9.50. The van der Waals surface area contributed by atoms with Crippen molar-refractivity contribution in [2.75, 3.05) is 13.1 Å². The minimum Gasteiger partial charge on any atom is -0.444 e. The molecule has 4 rings (SSSR count). The Morgan fingerprint density at radius 1 is 1.21 bits per heavy atom. The lowest BCUT2D eigenvalue weighted by Crippen LogP contribution is -2.41. The van der Waals surface area contributed by atoms with Crippen molar-refractivity contribution in [2.24, 2.45) is 5.73 Å². The Kier molecular flexibility index (Phi) is 6.37. The number of benzene rings is 2. The van der Waals surface area contributed by atoms with Crippen LogP contribution in [0.4, 0.5) is 4.79 Å². The van der Waals surface area contributed by atoms with Gasteiger partial charge in [0.05, 0.1) is 11.1 Å². The number of carbonyl (C=O) groups is 2. The predicted molar refractivity (Wildman–Crippen MR) is 128 cm³/mol. The Bertz CT molecular complexity index is 1150. The molecule has 1 atom stereocenters. The number of alkyl carbamates (subject to hydrolysis) is 1. The highest BCUT2D eigenvalue weighted by atomic mass is 16.6. The highest BCUT2D eigenvalue weighted by molar-refractivity contribution is 6.04. The number of ether oxygens (including phenoxy) is 1. The van der Waals surface area contributed by atoms with Crippen molar-refractivity contribution in [3.8, 4) is 11.4 Å². The first kappa shape index (κ1) is 22.8. The lowest BCUT2D eigenvalue weighted by atomic mass is 10.1. The monoisotopic (exact) mass is 449 g/mol. The maximum atomic E-state index is 12.0. The molecule has 0 bridgehead atoms. The van der Waals surface area contributed by atoms with E-state index in [0.29, 0.717) is 29.5 Å².